The Morgan fingerprint density at radius 3 is 2.86 bits per heavy atom. The number of hydrogen-bond donors (Lipinski definition) is 2. The predicted molar refractivity (Wildman–Crippen MR) is 54.0 cm³/mol. The second kappa shape index (κ2) is 4.41. The van der Waals surface area contributed by atoms with Gasteiger partial charge < -0.3 is 15.8 Å². The van der Waals surface area contributed by atoms with Crippen LogP contribution < -0.4 is 11.1 Å². The molecule has 0 unspecified atom stereocenters. The van der Waals surface area contributed by atoms with Crippen molar-refractivity contribution in [1.29, 1.82) is 0 Å². The minimum absolute atomic E-state index is 0.00656. The number of amides is 1. The van der Waals surface area contributed by atoms with Gasteiger partial charge in [-0.3, -0.25) is 4.79 Å². The smallest absolute Gasteiger partial charge is 0.253 e. The zero-order chi connectivity index (χ0) is 10.6. The first-order chi connectivity index (χ1) is 6.66. The number of nitrogens with one attached hydrogen (secondary N) is 1. The Bertz CT molecular complexity index is 341. The summed E-state index contributed by atoms with van der Waals surface area (Å²) in [5.41, 5.74) is 7.31. The van der Waals surface area contributed by atoms with Gasteiger partial charge in [0.15, 0.2) is 0 Å². The number of hydrogen-bond acceptors (Lipinski definition) is 3. The number of carbonyl (C=O) groups is 2. The van der Waals surface area contributed by atoms with Gasteiger partial charge in [0, 0.05) is 5.69 Å². The van der Waals surface area contributed by atoms with Gasteiger partial charge in [0.25, 0.3) is 5.91 Å². The summed E-state index contributed by atoms with van der Waals surface area (Å²) in [5, 5.41) is 2.44. The van der Waals surface area contributed by atoms with Crippen LogP contribution in [0.15, 0.2) is 18.2 Å². The first kappa shape index (κ1) is 10.2. The zero-order valence-electron chi connectivity index (χ0n) is 7.91. The van der Waals surface area contributed by atoms with Crippen molar-refractivity contribution >= 4 is 17.9 Å². The number of carbonyl (C=O) groups excluding carboxylic acids is 2. The molecule has 0 aliphatic carbocycles. The van der Waals surface area contributed by atoms with Gasteiger partial charge in [-0.2, -0.15) is 0 Å². The summed E-state index contributed by atoms with van der Waals surface area (Å²) in [6, 6.07) is 5.23. The van der Waals surface area contributed by atoms with Crippen LogP contribution in [0.4, 0.5) is 5.69 Å². The Kier molecular flexibility index (Phi) is 3.23. The van der Waals surface area contributed by atoms with Gasteiger partial charge >= 0.3 is 0 Å². The first-order valence-electron chi connectivity index (χ1n) is 4.23. The van der Waals surface area contributed by atoms with E-state index in [0.717, 1.165) is 5.56 Å². The predicted octanol–water partition coefficient (Wildman–Crippen LogP) is 0.506. The van der Waals surface area contributed by atoms with Crippen LogP contribution in [-0.2, 0) is 4.79 Å². The Morgan fingerprint density at radius 2 is 2.29 bits per heavy atom. The van der Waals surface area contributed by atoms with Crippen LogP contribution in [0.5, 0.6) is 0 Å². The molecule has 1 rings (SSSR count). The van der Waals surface area contributed by atoms with Crippen LogP contribution in [0.1, 0.15) is 15.9 Å². The highest BCUT2D eigenvalue weighted by Crippen LogP contribution is 2.15. The number of aldehydes is 1. The Hall–Kier alpha value is -1.84. The second-order valence-electron chi connectivity index (χ2n) is 2.92. The average Bonchev–Trinajstić information content (AvgIpc) is 2.14. The van der Waals surface area contributed by atoms with E-state index in [-0.39, 0.29) is 12.5 Å². The molecule has 0 radical (unpaired) electrons. The SMILES string of the molecule is Cc1cccc(N)c1C(=O)NCC=O. The summed E-state index contributed by atoms with van der Waals surface area (Å²) in [5.74, 6) is -0.312. The number of rotatable bonds is 3. The highest BCUT2D eigenvalue weighted by Gasteiger charge is 2.10. The van der Waals surface area contributed by atoms with Crippen molar-refractivity contribution in [3.8, 4) is 0 Å². The van der Waals surface area contributed by atoms with Gasteiger partial charge in [-0.1, -0.05) is 12.1 Å². The van der Waals surface area contributed by atoms with Crippen molar-refractivity contribution in [2.75, 3.05) is 12.3 Å². The van der Waals surface area contributed by atoms with E-state index >= 15 is 0 Å². The van der Waals surface area contributed by atoms with Crippen LogP contribution >= 0.6 is 0 Å². The molecular weight excluding hydrogens is 180 g/mol. The molecule has 4 nitrogen and oxygen atoms in total. The molecule has 4 heteroatoms. The maximum Gasteiger partial charge on any atom is 0.253 e. The topological polar surface area (TPSA) is 72.2 Å². The van der Waals surface area contributed by atoms with Crippen molar-refractivity contribution < 1.29 is 9.59 Å². The number of benzene rings is 1. The highest BCUT2D eigenvalue weighted by atomic mass is 16.2. The summed E-state index contributed by atoms with van der Waals surface area (Å²) in [4.78, 5) is 21.6. The molecule has 0 heterocycles. The third kappa shape index (κ3) is 2.10. The van der Waals surface area contributed by atoms with E-state index in [4.69, 9.17) is 5.73 Å². The molecule has 14 heavy (non-hydrogen) atoms. The Balaban J connectivity index is 2.94. The Morgan fingerprint density at radius 1 is 1.57 bits per heavy atom. The van der Waals surface area contributed by atoms with Gasteiger partial charge in [-0.15, -0.1) is 0 Å². The van der Waals surface area contributed by atoms with Crippen LogP contribution in [0.3, 0.4) is 0 Å². The quantitative estimate of drug-likeness (QED) is 0.541. The number of anilines is 1. The molecule has 0 aliphatic heterocycles. The fourth-order valence-corrected chi connectivity index (χ4v) is 1.22. The van der Waals surface area contributed by atoms with Crippen LogP contribution in [0.2, 0.25) is 0 Å². The molecular formula is C10H12N2O2. The lowest BCUT2D eigenvalue weighted by molar-refractivity contribution is -0.107. The molecule has 1 aromatic rings. The second-order valence-corrected chi connectivity index (χ2v) is 2.92. The van der Waals surface area contributed by atoms with Crippen molar-refractivity contribution in [2.24, 2.45) is 0 Å². The Labute approximate surface area is 82.1 Å². The lowest BCUT2D eigenvalue weighted by Crippen LogP contribution is -2.26. The largest absolute Gasteiger partial charge is 0.398 e. The van der Waals surface area contributed by atoms with Gasteiger partial charge in [-0.25, -0.2) is 0 Å². The molecule has 0 aliphatic rings. The molecule has 0 spiro atoms. The fraction of sp³-hybridized carbons (Fsp3) is 0.200. The van der Waals surface area contributed by atoms with Crippen molar-refractivity contribution in [3.63, 3.8) is 0 Å². The summed E-state index contributed by atoms with van der Waals surface area (Å²) < 4.78 is 0. The zero-order valence-corrected chi connectivity index (χ0v) is 7.91. The molecule has 74 valence electrons. The highest BCUT2D eigenvalue weighted by molar-refractivity contribution is 6.01. The molecule has 0 atom stereocenters. The minimum Gasteiger partial charge on any atom is -0.398 e. The maximum atomic E-state index is 11.5. The molecule has 0 fully saturated rings. The number of nitrogens with two attached hydrogens (primary N) is 1. The van der Waals surface area contributed by atoms with Crippen molar-refractivity contribution in [3.05, 3.63) is 29.3 Å². The third-order valence-electron chi connectivity index (χ3n) is 1.88. The van der Waals surface area contributed by atoms with Crippen LogP contribution in [-0.4, -0.2) is 18.7 Å². The van der Waals surface area contributed by atoms with Gasteiger partial charge in [-0.05, 0) is 18.6 Å². The molecule has 0 bridgehead atoms. The van der Waals surface area contributed by atoms with Crippen molar-refractivity contribution in [1.82, 2.24) is 5.32 Å². The average molecular weight is 192 g/mol. The van der Waals surface area contributed by atoms with E-state index in [2.05, 4.69) is 5.32 Å². The van der Waals surface area contributed by atoms with E-state index in [1.165, 1.54) is 0 Å². The van der Waals surface area contributed by atoms with Gasteiger partial charge in [0.05, 0.1) is 12.1 Å². The summed E-state index contributed by atoms with van der Waals surface area (Å²) in [7, 11) is 0. The molecule has 0 saturated heterocycles. The molecule has 1 amide bonds. The van der Waals surface area contributed by atoms with Crippen LogP contribution in [0.25, 0.3) is 0 Å². The lowest BCUT2D eigenvalue weighted by Gasteiger charge is -2.07. The number of aryl methyl sites for hydroxylation is 1. The fourth-order valence-electron chi connectivity index (χ4n) is 1.22. The van der Waals surface area contributed by atoms with Gasteiger partial charge in [0.2, 0.25) is 0 Å². The van der Waals surface area contributed by atoms with Gasteiger partial charge in [0.1, 0.15) is 6.29 Å². The molecule has 0 aromatic heterocycles. The summed E-state index contributed by atoms with van der Waals surface area (Å²) in [6.45, 7) is 1.80. The molecule has 0 saturated carbocycles. The monoisotopic (exact) mass is 192 g/mol. The lowest BCUT2D eigenvalue weighted by atomic mass is 10.1. The summed E-state index contributed by atoms with van der Waals surface area (Å²) in [6.07, 6.45) is 0.631. The normalized spacial score (nSPS) is 9.50. The van der Waals surface area contributed by atoms with E-state index in [1.54, 1.807) is 25.1 Å². The first-order valence-corrected chi connectivity index (χ1v) is 4.23. The standard InChI is InChI=1S/C10H12N2O2/c1-7-3-2-4-8(11)9(7)10(14)12-5-6-13/h2-4,6H,5,11H2,1H3,(H,12,14). The molecule has 1 aromatic carbocycles. The van der Waals surface area contributed by atoms with E-state index in [0.29, 0.717) is 17.5 Å². The summed E-state index contributed by atoms with van der Waals surface area (Å²) >= 11 is 0. The third-order valence-corrected chi connectivity index (χ3v) is 1.88. The van der Waals surface area contributed by atoms with Crippen molar-refractivity contribution in [2.45, 2.75) is 6.92 Å². The molecule has 3 N–H and O–H groups in total. The minimum atomic E-state index is -0.312. The maximum absolute atomic E-state index is 11.5. The van der Waals surface area contributed by atoms with Crippen LogP contribution in [0, 0.1) is 6.92 Å². The van der Waals surface area contributed by atoms with E-state index in [1.807, 2.05) is 0 Å². The van der Waals surface area contributed by atoms with E-state index in [9.17, 15) is 9.59 Å². The number of nitrogen functional groups attached to an aromatic ring is 1. The van der Waals surface area contributed by atoms with E-state index < -0.39 is 0 Å².